The second-order valence-corrected chi connectivity index (χ2v) is 8.28. The van der Waals surface area contributed by atoms with Gasteiger partial charge in [-0.15, -0.1) is 0 Å². The van der Waals surface area contributed by atoms with Crippen molar-refractivity contribution in [1.82, 2.24) is 29.6 Å². The third kappa shape index (κ3) is 3.59. The Labute approximate surface area is 184 Å². The normalized spacial score (nSPS) is 18.7. The lowest BCUT2D eigenvalue weighted by Gasteiger charge is -2.36. The van der Waals surface area contributed by atoms with Gasteiger partial charge in [-0.25, -0.2) is 19.6 Å². The average molecular weight is 438 g/mol. The molecular weight excluding hydrogens is 414 g/mol. The van der Waals surface area contributed by atoms with E-state index >= 15 is 0 Å². The predicted molar refractivity (Wildman–Crippen MR) is 119 cm³/mol. The number of fused-ring (bicyclic) bond motifs is 1. The molecule has 1 saturated carbocycles. The Morgan fingerprint density at radius 1 is 1.23 bits per heavy atom. The van der Waals surface area contributed by atoms with Crippen LogP contribution in [0.1, 0.15) is 26.2 Å². The van der Waals surface area contributed by atoms with Crippen molar-refractivity contribution < 1.29 is 0 Å². The molecular formula is C21H24ClN9. The molecule has 2 atom stereocenters. The highest BCUT2D eigenvalue weighted by Gasteiger charge is 2.37. The van der Waals surface area contributed by atoms with Crippen molar-refractivity contribution in [2.45, 2.75) is 44.4 Å². The second-order valence-electron chi connectivity index (χ2n) is 7.87. The highest BCUT2D eigenvalue weighted by molar-refractivity contribution is 6.30. The van der Waals surface area contributed by atoms with Crippen LogP contribution in [0.4, 0.5) is 11.6 Å². The number of nitrogen functional groups attached to an aromatic ring is 1. The third-order valence-electron chi connectivity index (χ3n) is 5.79. The van der Waals surface area contributed by atoms with E-state index in [1.165, 1.54) is 12.7 Å². The molecule has 3 heterocycles. The highest BCUT2D eigenvalue weighted by Crippen LogP contribution is 2.34. The van der Waals surface area contributed by atoms with E-state index in [0.29, 0.717) is 29.1 Å². The SMILES string of the molecule is CC[C@H](Nc1ncnc(N)c1-c1ncnn1C)C1N=c2cccc(Cl)c2=CN1C1CC1. The Kier molecular flexibility index (Phi) is 4.97. The van der Waals surface area contributed by atoms with E-state index in [0.717, 1.165) is 34.9 Å². The standard InChI is InChI=1S/C21H24ClN9/c1-3-15(28-19-17(18(23)24-10-25-19)21-26-11-27-30(21)2)20-29-16-6-4-5-14(22)13(16)9-31(20)12-7-8-12/h4-6,9-12,15,20H,3,7-8H2,1-2H3,(H3,23,24,25,28)/t15-,20?/m0/s1. The van der Waals surface area contributed by atoms with Crippen molar-refractivity contribution in [1.29, 1.82) is 0 Å². The summed E-state index contributed by atoms with van der Waals surface area (Å²) in [6.07, 6.45) is 8.17. The molecule has 0 saturated heterocycles. The second kappa shape index (κ2) is 7.81. The van der Waals surface area contributed by atoms with Crippen LogP contribution in [0.25, 0.3) is 17.6 Å². The third-order valence-corrected chi connectivity index (χ3v) is 6.12. The van der Waals surface area contributed by atoms with Crippen molar-refractivity contribution in [3.05, 3.63) is 46.5 Å². The summed E-state index contributed by atoms with van der Waals surface area (Å²) in [5.74, 6) is 1.59. The summed E-state index contributed by atoms with van der Waals surface area (Å²) in [6, 6.07) is 6.32. The van der Waals surface area contributed by atoms with Gasteiger partial charge in [-0.1, -0.05) is 24.6 Å². The number of nitrogens with two attached hydrogens (primary N) is 1. The zero-order valence-corrected chi connectivity index (χ0v) is 18.2. The van der Waals surface area contributed by atoms with Crippen molar-refractivity contribution >= 4 is 29.4 Å². The lowest BCUT2D eigenvalue weighted by Crippen LogP contribution is -2.50. The molecule has 3 N–H and O–H groups in total. The molecule has 1 aromatic carbocycles. The van der Waals surface area contributed by atoms with Crippen LogP contribution in [0.5, 0.6) is 0 Å². The van der Waals surface area contributed by atoms with Gasteiger partial charge in [0.25, 0.3) is 0 Å². The van der Waals surface area contributed by atoms with Gasteiger partial charge in [0, 0.05) is 24.5 Å². The molecule has 1 aliphatic heterocycles. The zero-order chi connectivity index (χ0) is 21.5. The molecule has 5 rings (SSSR count). The number of nitrogens with zero attached hydrogens (tertiary/aromatic N) is 7. The van der Waals surface area contributed by atoms with Crippen LogP contribution < -0.4 is 21.6 Å². The molecule has 0 spiro atoms. The van der Waals surface area contributed by atoms with Gasteiger partial charge in [0.2, 0.25) is 0 Å². The molecule has 1 unspecified atom stereocenters. The van der Waals surface area contributed by atoms with Gasteiger partial charge >= 0.3 is 0 Å². The number of aromatic nitrogens is 5. The predicted octanol–water partition coefficient (Wildman–Crippen LogP) is 1.56. The van der Waals surface area contributed by atoms with Crippen molar-refractivity contribution in [2.24, 2.45) is 12.0 Å². The fraction of sp³-hybridized carbons (Fsp3) is 0.381. The Hall–Kier alpha value is -3.20. The molecule has 1 fully saturated rings. The van der Waals surface area contributed by atoms with Crippen LogP contribution >= 0.6 is 11.6 Å². The van der Waals surface area contributed by atoms with Crippen LogP contribution in [-0.4, -0.2) is 47.9 Å². The van der Waals surface area contributed by atoms with Gasteiger partial charge in [-0.05, 0) is 31.4 Å². The summed E-state index contributed by atoms with van der Waals surface area (Å²) in [5.41, 5.74) is 6.86. The molecule has 2 aliphatic rings. The lowest BCUT2D eigenvalue weighted by molar-refractivity contribution is 0.259. The quantitative estimate of drug-likeness (QED) is 0.602. The summed E-state index contributed by atoms with van der Waals surface area (Å²) < 4.78 is 1.66. The summed E-state index contributed by atoms with van der Waals surface area (Å²) in [7, 11) is 1.82. The fourth-order valence-corrected chi connectivity index (χ4v) is 4.23. The first-order valence-electron chi connectivity index (χ1n) is 10.4. The summed E-state index contributed by atoms with van der Waals surface area (Å²) in [6.45, 7) is 2.14. The number of rotatable bonds is 6. The topological polar surface area (TPSA) is 110 Å². The van der Waals surface area contributed by atoms with Crippen LogP contribution in [0.2, 0.25) is 5.02 Å². The summed E-state index contributed by atoms with van der Waals surface area (Å²) in [4.78, 5) is 20.4. The molecule has 0 radical (unpaired) electrons. The molecule has 10 heteroatoms. The average Bonchev–Trinajstić information content (AvgIpc) is 3.53. The van der Waals surface area contributed by atoms with Crippen molar-refractivity contribution in [2.75, 3.05) is 11.1 Å². The number of hydrogen-bond acceptors (Lipinski definition) is 8. The number of anilines is 2. The Morgan fingerprint density at radius 2 is 2.06 bits per heavy atom. The first kappa shape index (κ1) is 19.7. The highest BCUT2D eigenvalue weighted by atomic mass is 35.5. The zero-order valence-electron chi connectivity index (χ0n) is 17.4. The summed E-state index contributed by atoms with van der Waals surface area (Å²) >= 11 is 6.45. The van der Waals surface area contributed by atoms with Gasteiger partial charge in [0.15, 0.2) is 5.82 Å². The molecule has 160 valence electrons. The smallest absolute Gasteiger partial charge is 0.165 e. The summed E-state index contributed by atoms with van der Waals surface area (Å²) in [5, 5.41) is 10.4. The minimum Gasteiger partial charge on any atom is -0.383 e. The van der Waals surface area contributed by atoms with Gasteiger partial charge in [0.05, 0.1) is 16.4 Å². The van der Waals surface area contributed by atoms with E-state index in [1.807, 2.05) is 25.2 Å². The molecule has 3 aromatic rings. The first-order chi connectivity index (χ1) is 15.1. The van der Waals surface area contributed by atoms with Gasteiger partial charge in [0.1, 0.15) is 36.0 Å². The minimum atomic E-state index is -0.0907. The van der Waals surface area contributed by atoms with E-state index in [1.54, 1.807) is 4.68 Å². The van der Waals surface area contributed by atoms with Gasteiger partial charge in [-0.3, -0.25) is 4.99 Å². The number of hydrogen-bond donors (Lipinski definition) is 2. The molecule has 2 aromatic heterocycles. The molecule has 1 aliphatic carbocycles. The van der Waals surface area contributed by atoms with E-state index in [4.69, 9.17) is 22.3 Å². The lowest BCUT2D eigenvalue weighted by atomic mass is 10.1. The van der Waals surface area contributed by atoms with E-state index in [9.17, 15) is 0 Å². The Balaban J connectivity index is 1.55. The number of halogens is 1. The van der Waals surface area contributed by atoms with Crippen LogP contribution in [0.15, 0.2) is 35.8 Å². The van der Waals surface area contributed by atoms with E-state index in [-0.39, 0.29) is 12.2 Å². The van der Waals surface area contributed by atoms with Crippen molar-refractivity contribution in [3.63, 3.8) is 0 Å². The minimum absolute atomic E-state index is 0.00902. The maximum atomic E-state index is 6.45. The molecule has 0 amide bonds. The van der Waals surface area contributed by atoms with Gasteiger partial charge < -0.3 is 16.0 Å². The fourth-order valence-electron chi connectivity index (χ4n) is 4.01. The van der Waals surface area contributed by atoms with E-state index in [2.05, 4.69) is 43.4 Å². The number of benzene rings is 1. The Bertz CT molecular complexity index is 1230. The van der Waals surface area contributed by atoms with Crippen molar-refractivity contribution in [3.8, 4) is 11.4 Å². The molecule has 9 nitrogen and oxygen atoms in total. The maximum absolute atomic E-state index is 6.45. The largest absolute Gasteiger partial charge is 0.383 e. The number of aryl methyl sites for hydroxylation is 1. The monoisotopic (exact) mass is 437 g/mol. The maximum Gasteiger partial charge on any atom is 0.165 e. The van der Waals surface area contributed by atoms with Crippen LogP contribution in [-0.2, 0) is 7.05 Å². The molecule has 31 heavy (non-hydrogen) atoms. The van der Waals surface area contributed by atoms with E-state index < -0.39 is 0 Å². The molecule has 0 bridgehead atoms. The Morgan fingerprint density at radius 3 is 2.77 bits per heavy atom. The van der Waals surface area contributed by atoms with Crippen LogP contribution in [0, 0.1) is 0 Å². The van der Waals surface area contributed by atoms with Crippen LogP contribution in [0.3, 0.4) is 0 Å². The first-order valence-corrected chi connectivity index (χ1v) is 10.8. The van der Waals surface area contributed by atoms with Gasteiger partial charge in [-0.2, -0.15) is 5.10 Å². The number of nitrogens with one attached hydrogen (secondary N) is 1.